The third-order valence-electron chi connectivity index (χ3n) is 5.37. The van der Waals surface area contributed by atoms with E-state index in [0.29, 0.717) is 5.56 Å². The van der Waals surface area contributed by atoms with Gasteiger partial charge in [-0.3, -0.25) is 4.79 Å². The first kappa shape index (κ1) is 20.4. The van der Waals surface area contributed by atoms with E-state index < -0.39 is 0 Å². The van der Waals surface area contributed by atoms with Crippen molar-refractivity contribution in [3.8, 4) is 0 Å². The summed E-state index contributed by atoms with van der Waals surface area (Å²) in [5, 5.41) is 2.93. The Kier molecular flexibility index (Phi) is 6.00. The second-order valence-corrected chi connectivity index (χ2v) is 8.23. The van der Waals surface area contributed by atoms with Crippen LogP contribution in [0.15, 0.2) is 65.1 Å². The maximum atomic E-state index is 12.7. The fraction of sp³-hybridized carbons (Fsp3) is 0.200. The number of anilines is 1. The zero-order valence-electron chi connectivity index (χ0n) is 17.1. The Labute approximate surface area is 184 Å². The number of rotatable bonds is 6. The van der Waals surface area contributed by atoms with Gasteiger partial charge >= 0.3 is 0 Å². The van der Waals surface area contributed by atoms with Gasteiger partial charge < -0.3 is 10.3 Å². The standard InChI is InChI=1S/C25H24BrN3O/c1-3-16-6-5-7-17(4-2)21(16)15-24-28-22-13-8-18(14-23(22)29-24)25(30)27-20-11-9-19(26)10-12-20/h5-14H,3-4,15H2,1-2H3,(H,27,30)(H,28,29). The molecular weight excluding hydrogens is 438 g/mol. The highest BCUT2D eigenvalue weighted by Crippen LogP contribution is 2.22. The van der Waals surface area contributed by atoms with Gasteiger partial charge in [0.15, 0.2) is 0 Å². The van der Waals surface area contributed by atoms with Gasteiger partial charge in [-0.25, -0.2) is 4.98 Å². The van der Waals surface area contributed by atoms with E-state index >= 15 is 0 Å². The van der Waals surface area contributed by atoms with Crippen LogP contribution in [0.5, 0.6) is 0 Å². The Bertz CT molecular complexity index is 1170. The third kappa shape index (κ3) is 4.31. The number of nitrogens with zero attached hydrogens (tertiary/aromatic N) is 1. The maximum absolute atomic E-state index is 12.7. The van der Waals surface area contributed by atoms with Crippen LogP contribution < -0.4 is 5.32 Å². The van der Waals surface area contributed by atoms with Gasteiger partial charge in [0.1, 0.15) is 5.82 Å². The van der Waals surface area contributed by atoms with Gasteiger partial charge in [0.05, 0.1) is 11.0 Å². The first-order valence-corrected chi connectivity index (χ1v) is 11.0. The molecule has 0 atom stereocenters. The average Bonchev–Trinajstić information content (AvgIpc) is 3.17. The number of imidazole rings is 1. The highest BCUT2D eigenvalue weighted by molar-refractivity contribution is 9.10. The van der Waals surface area contributed by atoms with Crippen LogP contribution in [-0.4, -0.2) is 15.9 Å². The molecule has 0 fully saturated rings. The number of aromatic nitrogens is 2. The van der Waals surface area contributed by atoms with Gasteiger partial charge in [-0.05, 0) is 72.0 Å². The number of hydrogen-bond donors (Lipinski definition) is 2. The summed E-state index contributed by atoms with van der Waals surface area (Å²) in [7, 11) is 0. The van der Waals surface area contributed by atoms with Gasteiger partial charge in [-0.2, -0.15) is 0 Å². The second-order valence-electron chi connectivity index (χ2n) is 7.32. The van der Waals surface area contributed by atoms with Crippen LogP contribution in [0.3, 0.4) is 0 Å². The fourth-order valence-electron chi connectivity index (χ4n) is 3.77. The van der Waals surface area contributed by atoms with E-state index in [1.165, 1.54) is 16.7 Å². The lowest BCUT2D eigenvalue weighted by Gasteiger charge is -2.11. The Balaban J connectivity index is 1.59. The number of aromatic amines is 1. The minimum Gasteiger partial charge on any atom is -0.342 e. The molecule has 0 saturated heterocycles. The number of nitrogens with one attached hydrogen (secondary N) is 2. The largest absolute Gasteiger partial charge is 0.342 e. The monoisotopic (exact) mass is 461 g/mol. The van der Waals surface area contributed by atoms with Gasteiger partial charge in [0.2, 0.25) is 0 Å². The van der Waals surface area contributed by atoms with E-state index in [1.807, 2.05) is 42.5 Å². The number of aryl methyl sites for hydroxylation is 2. The van der Waals surface area contributed by atoms with Crippen LogP contribution in [0.25, 0.3) is 11.0 Å². The lowest BCUT2D eigenvalue weighted by molar-refractivity contribution is 0.102. The first-order chi connectivity index (χ1) is 14.6. The molecule has 0 spiro atoms. The molecule has 5 heteroatoms. The first-order valence-electron chi connectivity index (χ1n) is 10.2. The molecule has 0 aliphatic rings. The number of hydrogen-bond acceptors (Lipinski definition) is 2. The number of halogens is 1. The molecule has 0 radical (unpaired) electrons. The van der Waals surface area contributed by atoms with Crippen LogP contribution in [0.2, 0.25) is 0 Å². The number of H-pyrrole nitrogens is 1. The van der Waals surface area contributed by atoms with Crippen molar-refractivity contribution >= 4 is 38.6 Å². The summed E-state index contributed by atoms with van der Waals surface area (Å²) in [6.45, 7) is 4.38. The molecule has 2 N–H and O–H groups in total. The predicted octanol–water partition coefficient (Wildman–Crippen LogP) is 6.29. The highest BCUT2D eigenvalue weighted by Gasteiger charge is 2.12. The Morgan fingerprint density at radius 1 is 1.00 bits per heavy atom. The molecule has 0 aliphatic heterocycles. The molecule has 1 aromatic heterocycles. The number of carbonyl (C=O) groups excluding carboxylic acids is 1. The number of amides is 1. The summed E-state index contributed by atoms with van der Waals surface area (Å²) in [4.78, 5) is 20.8. The molecule has 1 amide bonds. The zero-order chi connectivity index (χ0) is 21.1. The van der Waals surface area contributed by atoms with E-state index in [4.69, 9.17) is 4.98 Å². The van der Waals surface area contributed by atoms with Gasteiger partial charge in [0.25, 0.3) is 5.91 Å². The third-order valence-corrected chi connectivity index (χ3v) is 5.90. The summed E-state index contributed by atoms with van der Waals surface area (Å²) in [6.07, 6.45) is 2.77. The average molecular weight is 462 g/mol. The summed E-state index contributed by atoms with van der Waals surface area (Å²) < 4.78 is 0.975. The minimum atomic E-state index is -0.139. The fourth-order valence-corrected chi connectivity index (χ4v) is 4.03. The van der Waals surface area contributed by atoms with Gasteiger partial charge in [0, 0.05) is 22.1 Å². The molecule has 4 aromatic rings. The van der Waals surface area contributed by atoms with Crippen LogP contribution >= 0.6 is 15.9 Å². The zero-order valence-corrected chi connectivity index (χ0v) is 18.7. The normalized spacial score (nSPS) is 11.0. The molecule has 0 unspecified atom stereocenters. The quantitative estimate of drug-likeness (QED) is 0.354. The predicted molar refractivity (Wildman–Crippen MR) is 126 cm³/mol. The SMILES string of the molecule is CCc1cccc(CC)c1Cc1nc2ccc(C(=O)Nc3ccc(Br)cc3)cc2[nH]1. The molecule has 4 nitrogen and oxygen atoms in total. The number of carbonyl (C=O) groups is 1. The van der Waals surface area contributed by atoms with Crippen molar-refractivity contribution in [1.29, 1.82) is 0 Å². The van der Waals surface area contributed by atoms with Crippen molar-refractivity contribution in [3.05, 3.63) is 93.2 Å². The Hall–Kier alpha value is -2.92. The van der Waals surface area contributed by atoms with Crippen LogP contribution in [0.1, 0.15) is 46.7 Å². The summed E-state index contributed by atoms with van der Waals surface area (Å²) in [5.41, 5.74) is 7.20. The summed E-state index contributed by atoms with van der Waals surface area (Å²) in [5.74, 6) is 0.783. The van der Waals surface area contributed by atoms with E-state index in [0.717, 1.165) is 46.3 Å². The summed E-state index contributed by atoms with van der Waals surface area (Å²) in [6, 6.07) is 19.6. The molecule has 1 heterocycles. The molecule has 0 bridgehead atoms. The minimum absolute atomic E-state index is 0.139. The highest BCUT2D eigenvalue weighted by atomic mass is 79.9. The van der Waals surface area contributed by atoms with E-state index in [1.54, 1.807) is 0 Å². The van der Waals surface area contributed by atoms with Gasteiger partial charge in [-0.1, -0.05) is 48.0 Å². The number of fused-ring (bicyclic) bond motifs is 1. The maximum Gasteiger partial charge on any atom is 0.255 e. The lowest BCUT2D eigenvalue weighted by Crippen LogP contribution is -2.11. The van der Waals surface area contributed by atoms with E-state index in [-0.39, 0.29) is 5.91 Å². The molecule has 152 valence electrons. The van der Waals surface area contributed by atoms with Gasteiger partial charge in [-0.15, -0.1) is 0 Å². The smallest absolute Gasteiger partial charge is 0.255 e. The van der Waals surface area contributed by atoms with Crippen molar-refractivity contribution in [2.45, 2.75) is 33.1 Å². The second kappa shape index (κ2) is 8.84. The Morgan fingerprint density at radius 2 is 1.70 bits per heavy atom. The molecular formula is C25H24BrN3O. The number of benzene rings is 3. The molecule has 0 aliphatic carbocycles. The molecule has 0 saturated carbocycles. The van der Waals surface area contributed by atoms with Crippen LogP contribution in [0, 0.1) is 0 Å². The van der Waals surface area contributed by atoms with Crippen LogP contribution in [-0.2, 0) is 19.3 Å². The lowest BCUT2D eigenvalue weighted by atomic mass is 9.95. The molecule has 3 aromatic carbocycles. The van der Waals surface area contributed by atoms with Crippen molar-refractivity contribution in [2.75, 3.05) is 5.32 Å². The van der Waals surface area contributed by atoms with Crippen molar-refractivity contribution in [1.82, 2.24) is 9.97 Å². The van der Waals surface area contributed by atoms with Crippen LogP contribution in [0.4, 0.5) is 5.69 Å². The van der Waals surface area contributed by atoms with Crippen molar-refractivity contribution in [3.63, 3.8) is 0 Å². The van der Waals surface area contributed by atoms with E-state index in [9.17, 15) is 4.79 Å². The summed E-state index contributed by atoms with van der Waals surface area (Å²) >= 11 is 3.40. The van der Waals surface area contributed by atoms with E-state index in [2.05, 4.69) is 58.3 Å². The molecule has 30 heavy (non-hydrogen) atoms. The molecule has 4 rings (SSSR count). The van der Waals surface area contributed by atoms with Crippen molar-refractivity contribution < 1.29 is 4.79 Å². The topological polar surface area (TPSA) is 57.8 Å². The van der Waals surface area contributed by atoms with Crippen molar-refractivity contribution in [2.24, 2.45) is 0 Å². The Morgan fingerprint density at radius 3 is 2.37 bits per heavy atom.